The van der Waals surface area contributed by atoms with Crippen LogP contribution in [0.25, 0.3) is 215 Å². The summed E-state index contributed by atoms with van der Waals surface area (Å²) in [7, 11) is 0. The smallest absolute Gasteiger partial charge is 0.136 e. The van der Waals surface area contributed by atoms with E-state index >= 15 is 0 Å². The van der Waals surface area contributed by atoms with Gasteiger partial charge in [-0.15, -0.1) is 0 Å². The van der Waals surface area contributed by atoms with Crippen LogP contribution in [0.2, 0.25) is 0 Å². The van der Waals surface area contributed by atoms with Crippen LogP contribution in [0.4, 0.5) is 0 Å². The summed E-state index contributed by atoms with van der Waals surface area (Å²) in [5.74, 6) is 0. The summed E-state index contributed by atoms with van der Waals surface area (Å²) in [6.45, 7) is 4.73. The van der Waals surface area contributed by atoms with Gasteiger partial charge in [-0.2, -0.15) is 0 Å². The molecule has 0 saturated carbocycles. The number of rotatable bonds is 7. The van der Waals surface area contributed by atoms with Crippen LogP contribution in [0.15, 0.2) is 379 Å². The molecular weight excluding hydrogens is 1360 g/mol. The molecule has 524 valence electrons. The number of para-hydroxylation sites is 8. The van der Waals surface area contributed by atoms with Gasteiger partial charge >= 0.3 is 0 Å². The molecule has 7 aromatic heterocycles. The molecule has 1 aliphatic rings. The van der Waals surface area contributed by atoms with Crippen molar-refractivity contribution in [3.8, 4) is 61.8 Å². The zero-order valence-electron chi connectivity index (χ0n) is 61.3. The first-order valence-corrected chi connectivity index (χ1v) is 38.6. The topological polar surface area (TPSA) is 50.9 Å². The highest BCUT2D eigenvalue weighted by atomic mass is 16.3. The minimum Gasteiger partial charge on any atom is -0.456 e. The molecule has 0 spiro atoms. The maximum atomic E-state index is 6.44. The van der Waals surface area contributed by atoms with Crippen LogP contribution in [-0.4, -0.2) is 22.8 Å². The first-order chi connectivity index (χ1) is 55.3. The predicted molar refractivity (Wildman–Crippen MR) is 468 cm³/mol. The Bertz CT molecular complexity index is 8060. The third-order valence-electron chi connectivity index (χ3n) is 24.3. The zero-order valence-corrected chi connectivity index (χ0v) is 61.3. The van der Waals surface area contributed by atoms with Crippen LogP contribution >= 0.6 is 0 Å². The molecule has 24 aromatic rings. The Morgan fingerprint density at radius 3 is 1.00 bits per heavy atom. The Labute approximate surface area is 642 Å². The normalized spacial score (nSPS) is 12.8. The van der Waals surface area contributed by atoms with Crippen molar-refractivity contribution in [2.75, 3.05) is 0 Å². The minimum absolute atomic E-state index is 0.0660. The van der Waals surface area contributed by atoms with Gasteiger partial charge in [-0.3, -0.25) is 0 Å². The molecule has 112 heavy (non-hydrogen) atoms. The number of fused-ring (bicyclic) bond motifs is 26. The number of furan rings is 2. The Morgan fingerprint density at radius 1 is 0.196 bits per heavy atom. The van der Waals surface area contributed by atoms with Gasteiger partial charge in [0, 0.05) is 109 Å². The second-order valence-electron chi connectivity index (χ2n) is 30.6. The standard InChI is InChI=1S/C54H33N3O.C51H34N2O/c1-4-14-36(15-5-1)55-45-22-12-10-21-40(45)53-47(55)28-29-48-54(53)41-26-24-35(31-49(41)57(48)38-18-8-3-9-19-38)34-25-27-46-42(30-34)43-33-52-44(39-20-11-13-23-51(39)58-52)32-50(43)56(46)37-16-6-2-7-17-37;1-51(2)41-19-11-9-18-36(41)49-42(51)24-26-44-50(49)37-23-21-32(28-45(37)53(44)34-15-7-4-8-16-34)31-22-25-43-38(27-31)39-30-48-40(35-17-10-12-20-47(35)54-48)29-46(39)52(43)33-13-5-3-6-14-33/h1-33H;3-30H,1-2H3. The van der Waals surface area contributed by atoms with Crippen LogP contribution in [-0.2, 0) is 5.41 Å². The van der Waals surface area contributed by atoms with Crippen molar-refractivity contribution >= 4 is 153 Å². The predicted octanol–water partition coefficient (Wildman–Crippen LogP) is 28.3. The van der Waals surface area contributed by atoms with E-state index in [9.17, 15) is 0 Å². The lowest BCUT2D eigenvalue weighted by Crippen LogP contribution is -2.14. The lowest BCUT2D eigenvalue weighted by atomic mass is 9.82. The highest BCUT2D eigenvalue weighted by Gasteiger charge is 2.38. The fourth-order valence-electron chi connectivity index (χ4n) is 19.3. The van der Waals surface area contributed by atoms with E-state index in [0.29, 0.717) is 0 Å². The van der Waals surface area contributed by atoms with Gasteiger partial charge in [0.25, 0.3) is 0 Å². The number of nitrogens with zero attached hydrogens (tertiary/aromatic N) is 5. The first-order valence-electron chi connectivity index (χ1n) is 38.6. The van der Waals surface area contributed by atoms with Crippen molar-refractivity contribution in [2.24, 2.45) is 0 Å². The molecule has 7 nitrogen and oxygen atoms in total. The second kappa shape index (κ2) is 23.7. The van der Waals surface area contributed by atoms with Crippen LogP contribution in [0.5, 0.6) is 0 Å². The highest BCUT2D eigenvalue weighted by Crippen LogP contribution is 2.54. The average Bonchev–Trinajstić information content (AvgIpc) is 1.54. The van der Waals surface area contributed by atoms with Gasteiger partial charge in [-0.05, 0) is 202 Å². The second-order valence-corrected chi connectivity index (χ2v) is 30.6. The van der Waals surface area contributed by atoms with E-state index in [0.717, 1.165) is 77.8 Å². The molecule has 17 aromatic carbocycles. The number of aromatic nitrogens is 5. The average molecular weight is 1430 g/mol. The maximum Gasteiger partial charge on any atom is 0.136 e. The van der Waals surface area contributed by atoms with E-state index in [1.54, 1.807) is 0 Å². The van der Waals surface area contributed by atoms with E-state index in [-0.39, 0.29) is 5.41 Å². The number of hydrogen-bond acceptors (Lipinski definition) is 2. The zero-order chi connectivity index (χ0) is 73.6. The molecule has 0 atom stereocenters. The lowest BCUT2D eigenvalue weighted by molar-refractivity contribution is 0.661. The molecule has 7 heteroatoms. The third kappa shape index (κ3) is 8.98. The molecule has 25 rings (SSSR count). The van der Waals surface area contributed by atoms with Gasteiger partial charge in [0.05, 0.1) is 55.2 Å². The van der Waals surface area contributed by atoms with Crippen molar-refractivity contribution in [1.82, 2.24) is 22.8 Å². The molecule has 0 N–H and O–H groups in total. The Kier molecular flexibility index (Phi) is 13.2. The van der Waals surface area contributed by atoms with Crippen molar-refractivity contribution in [1.29, 1.82) is 0 Å². The van der Waals surface area contributed by atoms with Crippen LogP contribution < -0.4 is 0 Å². The van der Waals surface area contributed by atoms with Crippen LogP contribution in [0.3, 0.4) is 0 Å². The summed E-state index contributed by atoms with van der Waals surface area (Å²) in [6, 6.07) is 135. The Balaban J connectivity index is 0.000000131. The maximum absolute atomic E-state index is 6.44. The summed E-state index contributed by atoms with van der Waals surface area (Å²) in [4.78, 5) is 0. The third-order valence-corrected chi connectivity index (χ3v) is 24.3. The Hall–Kier alpha value is -14.7. The molecule has 1 aliphatic carbocycles. The first kappa shape index (κ1) is 62.4. The van der Waals surface area contributed by atoms with E-state index in [1.807, 2.05) is 12.1 Å². The summed E-state index contributed by atoms with van der Waals surface area (Å²) >= 11 is 0. The summed E-state index contributed by atoms with van der Waals surface area (Å²) in [5.41, 5.74) is 31.4. The summed E-state index contributed by atoms with van der Waals surface area (Å²) in [6.07, 6.45) is 0. The van der Waals surface area contributed by atoms with Crippen molar-refractivity contribution in [2.45, 2.75) is 19.3 Å². The van der Waals surface area contributed by atoms with E-state index < -0.39 is 0 Å². The van der Waals surface area contributed by atoms with Gasteiger partial charge in [0.2, 0.25) is 0 Å². The fraction of sp³-hybridized carbons (Fsp3) is 0.0286. The molecule has 0 saturated heterocycles. The number of benzene rings is 17. The molecule has 0 bridgehead atoms. The molecule has 0 fully saturated rings. The molecular formula is C105H67N5O2. The molecule has 0 aliphatic heterocycles. The monoisotopic (exact) mass is 1430 g/mol. The minimum atomic E-state index is -0.0660. The lowest BCUT2D eigenvalue weighted by Gasteiger charge is -2.21. The molecule has 0 unspecified atom stereocenters. The van der Waals surface area contributed by atoms with E-state index in [1.165, 1.54) is 148 Å². The Morgan fingerprint density at radius 2 is 0.518 bits per heavy atom. The largest absolute Gasteiger partial charge is 0.456 e. The number of hydrogen-bond donors (Lipinski definition) is 0. The molecule has 0 amide bonds. The van der Waals surface area contributed by atoms with Gasteiger partial charge in [-0.25, -0.2) is 0 Å². The van der Waals surface area contributed by atoms with Crippen LogP contribution in [0, 0.1) is 0 Å². The molecule has 7 heterocycles. The summed E-state index contributed by atoms with van der Waals surface area (Å²) in [5, 5.41) is 16.9. The van der Waals surface area contributed by atoms with Gasteiger partial charge in [-0.1, -0.05) is 226 Å². The molecule has 0 radical (unpaired) electrons. The van der Waals surface area contributed by atoms with Gasteiger partial charge in [0.15, 0.2) is 0 Å². The SMILES string of the molecule is CC1(C)c2ccccc2-c2c1ccc1c2c2ccc(-c3ccc4c(c3)c3cc5oc6ccccc6c5cc3n4-c3ccccc3)cc2n1-c1ccccc1.c1ccc(-n2c3ccc(-c4ccc5c6c7c8ccccc8n(-c8ccccc8)c7ccc6n(-c6ccccc6)c5c4)cc3c3cc4oc5ccccc5c4cc32)cc1. The van der Waals surface area contributed by atoms with Gasteiger partial charge in [0.1, 0.15) is 22.3 Å². The van der Waals surface area contributed by atoms with E-state index in [2.05, 4.69) is 395 Å². The fourth-order valence-corrected chi connectivity index (χ4v) is 19.3. The van der Waals surface area contributed by atoms with Crippen LogP contribution in [0.1, 0.15) is 25.0 Å². The van der Waals surface area contributed by atoms with Crippen molar-refractivity contribution < 1.29 is 8.83 Å². The quantitative estimate of drug-likeness (QED) is 0.160. The highest BCUT2D eigenvalue weighted by molar-refractivity contribution is 6.30. The van der Waals surface area contributed by atoms with Gasteiger partial charge < -0.3 is 31.7 Å². The summed E-state index contributed by atoms with van der Waals surface area (Å²) < 4.78 is 25.0. The van der Waals surface area contributed by atoms with E-state index in [4.69, 9.17) is 8.83 Å². The van der Waals surface area contributed by atoms with Crippen molar-refractivity contribution in [3.05, 3.63) is 381 Å². The van der Waals surface area contributed by atoms with Crippen molar-refractivity contribution in [3.63, 3.8) is 0 Å².